The minimum atomic E-state index is -0.850. The van der Waals surface area contributed by atoms with E-state index in [0.29, 0.717) is 57.2 Å². The first-order chi connectivity index (χ1) is 12.4. The number of carbonyl (C=O) groups is 2. The van der Waals surface area contributed by atoms with Gasteiger partial charge < -0.3 is 15.1 Å². The van der Waals surface area contributed by atoms with Crippen LogP contribution in [-0.2, 0) is 9.59 Å². The molecule has 142 valence electrons. The van der Waals surface area contributed by atoms with Crippen LogP contribution in [0.2, 0.25) is 0 Å². The number of carbonyl (C=O) groups excluding carboxylic acids is 2. The van der Waals surface area contributed by atoms with Crippen LogP contribution in [0, 0.1) is 17.2 Å². The molecule has 1 aromatic rings. The fourth-order valence-electron chi connectivity index (χ4n) is 3.47. The smallest absolute Gasteiger partial charge is 0.238 e. The van der Waals surface area contributed by atoms with Gasteiger partial charge in [0.25, 0.3) is 0 Å². The number of nitrogens with zero attached hydrogens (tertiary/aromatic N) is 2. The number of amides is 2. The van der Waals surface area contributed by atoms with Gasteiger partial charge in [0.1, 0.15) is 11.2 Å². The van der Waals surface area contributed by atoms with Crippen molar-refractivity contribution in [3.05, 3.63) is 30.1 Å². The van der Waals surface area contributed by atoms with E-state index in [1.54, 1.807) is 17.0 Å². The third kappa shape index (κ3) is 3.84. The number of anilines is 1. The van der Waals surface area contributed by atoms with Crippen LogP contribution in [0.3, 0.4) is 0 Å². The number of hydrogen-bond acceptors (Lipinski definition) is 3. The summed E-state index contributed by atoms with van der Waals surface area (Å²) in [5, 5.41) is 2.93. The highest BCUT2D eigenvalue weighted by Crippen LogP contribution is 2.47. The maximum Gasteiger partial charge on any atom is 0.238 e. The van der Waals surface area contributed by atoms with Gasteiger partial charge in [-0.1, -0.05) is 26.0 Å². The molecule has 0 spiro atoms. The molecule has 1 saturated heterocycles. The Balaban J connectivity index is 1.55. The average molecular weight is 361 g/mol. The summed E-state index contributed by atoms with van der Waals surface area (Å²) in [4.78, 5) is 29.1. The van der Waals surface area contributed by atoms with Crippen LogP contribution in [0.5, 0.6) is 0 Å². The number of rotatable bonds is 6. The van der Waals surface area contributed by atoms with E-state index in [0.717, 1.165) is 6.42 Å². The Labute approximate surface area is 154 Å². The molecule has 3 rings (SSSR count). The van der Waals surface area contributed by atoms with Crippen LogP contribution >= 0.6 is 0 Å². The number of para-hydroxylation sites is 1. The van der Waals surface area contributed by atoms with Crippen molar-refractivity contribution in [1.29, 1.82) is 0 Å². The standard InChI is InChI=1S/C20H28FN3O2/c1-15(2)7-10-22-18(25)20(8-9-20)19(26)24-13-11-23(12-14-24)17-6-4-3-5-16(17)21/h3-6,15H,7-14H2,1-2H3,(H,22,25). The molecule has 6 heteroatoms. The second-order valence-electron chi connectivity index (χ2n) is 7.75. The van der Waals surface area contributed by atoms with E-state index in [1.807, 2.05) is 11.0 Å². The average Bonchev–Trinajstić information content (AvgIpc) is 3.43. The number of piperazine rings is 1. The van der Waals surface area contributed by atoms with Gasteiger partial charge in [-0.2, -0.15) is 0 Å². The van der Waals surface area contributed by atoms with Crippen molar-refractivity contribution >= 4 is 17.5 Å². The monoisotopic (exact) mass is 361 g/mol. The summed E-state index contributed by atoms with van der Waals surface area (Å²) in [5.41, 5.74) is -0.274. The Bertz CT molecular complexity index is 665. The number of nitrogens with one attached hydrogen (secondary N) is 1. The van der Waals surface area contributed by atoms with Gasteiger partial charge in [-0.3, -0.25) is 9.59 Å². The summed E-state index contributed by atoms with van der Waals surface area (Å²) >= 11 is 0. The summed E-state index contributed by atoms with van der Waals surface area (Å²) in [6.45, 7) is 7.04. The largest absolute Gasteiger partial charge is 0.366 e. The van der Waals surface area contributed by atoms with Gasteiger partial charge in [0.05, 0.1) is 5.69 Å². The molecule has 2 amide bonds. The Morgan fingerprint density at radius 2 is 1.81 bits per heavy atom. The molecule has 1 aromatic carbocycles. The zero-order chi connectivity index (χ0) is 18.7. The summed E-state index contributed by atoms with van der Waals surface area (Å²) < 4.78 is 13.9. The number of halogens is 1. The molecule has 5 nitrogen and oxygen atoms in total. The summed E-state index contributed by atoms with van der Waals surface area (Å²) in [7, 11) is 0. The molecule has 2 aliphatic rings. The van der Waals surface area contributed by atoms with Crippen LogP contribution in [0.25, 0.3) is 0 Å². The molecule has 0 unspecified atom stereocenters. The number of hydrogen-bond donors (Lipinski definition) is 1. The first-order valence-corrected chi connectivity index (χ1v) is 9.51. The highest BCUT2D eigenvalue weighted by atomic mass is 19.1. The van der Waals surface area contributed by atoms with Crippen molar-refractivity contribution in [2.75, 3.05) is 37.6 Å². The summed E-state index contributed by atoms with van der Waals surface area (Å²) in [6, 6.07) is 6.70. The second kappa shape index (κ2) is 7.64. The SMILES string of the molecule is CC(C)CCNC(=O)C1(C(=O)N2CCN(c3ccccc3F)CC2)CC1. The highest BCUT2D eigenvalue weighted by Gasteiger charge is 2.58. The van der Waals surface area contributed by atoms with Crippen molar-refractivity contribution < 1.29 is 14.0 Å². The number of benzene rings is 1. The minimum absolute atomic E-state index is 0.0623. The lowest BCUT2D eigenvalue weighted by molar-refractivity contribution is -0.144. The molecule has 1 saturated carbocycles. The zero-order valence-electron chi connectivity index (χ0n) is 15.6. The lowest BCUT2D eigenvalue weighted by atomic mass is 10.0. The lowest BCUT2D eigenvalue weighted by Crippen LogP contribution is -2.53. The molecule has 0 aromatic heterocycles. The predicted octanol–water partition coefficient (Wildman–Crippen LogP) is 2.42. The van der Waals surface area contributed by atoms with Crippen LogP contribution in [0.1, 0.15) is 33.1 Å². The van der Waals surface area contributed by atoms with E-state index >= 15 is 0 Å². The molecular weight excluding hydrogens is 333 g/mol. The van der Waals surface area contributed by atoms with Gasteiger partial charge in [-0.05, 0) is 37.3 Å². The normalized spacial score (nSPS) is 18.8. The summed E-state index contributed by atoms with van der Waals surface area (Å²) in [6.07, 6.45) is 2.18. The van der Waals surface area contributed by atoms with E-state index < -0.39 is 5.41 Å². The fraction of sp³-hybridized carbons (Fsp3) is 0.600. The van der Waals surface area contributed by atoms with Gasteiger partial charge in [-0.25, -0.2) is 4.39 Å². The molecule has 1 aliphatic carbocycles. The van der Waals surface area contributed by atoms with E-state index in [-0.39, 0.29) is 17.6 Å². The lowest BCUT2D eigenvalue weighted by Gasteiger charge is -2.37. The Morgan fingerprint density at radius 3 is 2.38 bits per heavy atom. The molecule has 1 aliphatic heterocycles. The van der Waals surface area contributed by atoms with Crippen LogP contribution in [-0.4, -0.2) is 49.4 Å². The van der Waals surface area contributed by atoms with Crippen molar-refractivity contribution in [2.45, 2.75) is 33.1 Å². The van der Waals surface area contributed by atoms with Crippen molar-refractivity contribution in [3.8, 4) is 0 Å². The zero-order valence-corrected chi connectivity index (χ0v) is 15.6. The van der Waals surface area contributed by atoms with E-state index in [4.69, 9.17) is 0 Å². The van der Waals surface area contributed by atoms with Crippen LogP contribution < -0.4 is 10.2 Å². The Morgan fingerprint density at radius 1 is 1.15 bits per heavy atom. The highest BCUT2D eigenvalue weighted by molar-refractivity contribution is 6.07. The quantitative estimate of drug-likeness (QED) is 0.792. The van der Waals surface area contributed by atoms with Gasteiger partial charge >= 0.3 is 0 Å². The Kier molecular flexibility index (Phi) is 5.49. The maximum atomic E-state index is 13.9. The minimum Gasteiger partial charge on any atom is -0.366 e. The molecule has 2 fully saturated rings. The van der Waals surface area contributed by atoms with E-state index in [1.165, 1.54) is 6.07 Å². The van der Waals surface area contributed by atoms with Gasteiger partial charge in [0.2, 0.25) is 11.8 Å². The summed E-state index contributed by atoms with van der Waals surface area (Å²) in [5.74, 6) is 0.0931. The molecule has 26 heavy (non-hydrogen) atoms. The van der Waals surface area contributed by atoms with Gasteiger partial charge in [0, 0.05) is 32.7 Å². The second-order valence-corrected chi connectivity index (χ2v) is 7.75. The topological polar surface area (TPSA) is 52.7 Å². The first-order valence-electron chi connectivity index (χ1n) is 9.51. The van der Waals surface area contributed by atoms with E-state index in [9.17, 15) is 14.0 Å². The van der Waals surface area contributed by atoms with Crippen molar-refractivity contribution in [2.24, 2.45) is 11.3 Å². The fourth-order valence-corrected chi connectivity index (χ4v) is 3.47. The third-order valence-electron chi connectivity index (χ3n) is 5.36. The van der Waals surface area contributed by atoms with Crippen molar-refractivity contribution in [1.82, 2.24) is 10.2 Å². The molecule has 0 bridgehead atoms. The molecule has 0 radical (unpaired) electrons. The molecule has 1 N–H and O–H groups in total. The van der Waals surface area contributed by atoms with E-state index in [2.05, 4.69) is 19.2 Å². The molecule has 0 atom stereocenters. The molecular formula is C20H28FN3O2. The molecule has 1 heterocycles. The van der Waals surface area contributed by atoms with Crippen LogP contribution in [0.4, 0.5) is 10.1 Å². The Hall–Kier alpha value is -2.11. The predicted molar refractivity (Wildman–Crippen MR) is 99.3 cm³/mol. The third-order valence-corrected chi connectivity index (χ3v) is 5.36. The maximum absolute atomic E-state index is 13.9. The van der Waals surface area contributed by atoms with Gasteiger partial charge in [-0.15, -0.1) is 0 Å². The van der Waals surface area contributed by atoms with Gasteiger partial charge in [0.15, 0.2) is 0 Å². The van der Waals surface area contributed by atoms with Crippen molar-refractivity contribution in [3.63, 3.8) is 0 Å². The van der Waals surface area contributed by atoms with Crippen LogP contribution in [0.15, 0.2) is 24.3 Å². The first kappa shape index (κ1) is 18.7.